The van der Waals surface area contributed by atoms with Gasteiger partial charge in [0.25, 0.3) is 21.6 Å². The number of hydrogen-bond acceptors (Lipinski definition) is 13. The molecule has 4 aliphatic rings. The molecule has 1 spiro atoms. The van der Waals surface area contributed by atoms with Crippen LogP contribution in [0.15, 0.2) is 114 Å². The number of pyridine rings is 1. The lowest BCUT2D eigenvalue weighted by Gasteiger charge is -2.58. The second-order valence-electron chi connectivity index (χ2n) is 21.2. The van der Waals surface area contributed by atoms with Gasteiger partial charge < -0.3 is 29.4 Å². The highest BCUT2D eigenvalue weighted by Crippen LogP contribution is 2.53. The number of aromatic nitrogens is 2. The molecule has 2 saturated carbocycles. The molecule has 4 fully saturated rings. The molecular formula is C57H68N8O8S. The third-order valence-electron chi connectivity index (χ3n) is 16.3. The molecule has 1 atom stereocenters. The van der Waals surface area contributed by atoms with Crippen molar-refractivity contribution < 1.29 is 32.3 Å². The number of nitrogens with one attached hydrogen (secondary N) is 3. The first-order valence-corrected chi connectivity index (χ1v) is 27.6. The molecule has 6 aromatic rings. The molecule has 4 aromatic carbocycles. The Morgan fingerprint density at radius 1 is 0.905 bits per heavy atom. The quantitative estimate of drug-likeness (QED) is 0.0580. The zero-order valence-corrected chi connectivity index (χ0v) is 43.6. The molecular weight excluding hydrogens is 957 g/mol. The number of H-pyrrole nitrogens is 1. The van der Waals surface area contributed by atoms with Gasteiger partial charge in [0.05, 0.1) is 34.8 Å². The minimum atomic E-state index is -4.57. The maximum absolute atomic E-state index is 14.1. The van der Waals surface area contributed by atoms with E-state index in [1.165, 1.54) is 28.8 Å². The second-order valence-corrected chi connectivity index (χ2v) is 22.9. The summed E-state index contributed by atoms with van der Waals surface area (Å²) in [6.07, 6.45) is 11.6. The molecule has 2 saturated heterocycles. The Morgan fingerprint density at radius 3 is 2.41 bits per heavy atom. The summed E-state index contributed by atoms with van der Waals surface area (Å²) in [5, 5.41) is 16.2. The summed E-state index contributed by atoms with van der Waals surface area (Å²) in [6.45, 7) is 10.6. The average Bonchev–Trinajstić information content (AvgIpc) is 3.88. The van der Waals surface area contributed by atoms with Crippen molar-refractivity contribution in [3.63, 3.8) is 0 Å². The van der Waals surface area contributed by atoms with Crippen LogP contribution in [0.1, 0.15) is 104 Å². The monoisotopic (exact) mass is 1020 g/mol. The number of methoxy groups -OCH3 is 2. The smallest absolute Gasteiger partial charge is 0.293 e. The number of carbonyl (C=O) groups excluding carboxylic acids is 1. The Balaban J connectivity index is 0.828. The summed E-state index contributed by atoms with van der Waals surface area (Å²) in [6, 6.07) is 30.7. The number of aromatic amines is 1. The minimum Gasteiger partial charge on any atom is -0.497 e. The van der Waals surface area contributed by atoms with E-state index in [-0.39, 0.29) is 28.5 Å². The summed E-state index contributed by atoms with van der Waals surface area (Å²) in [4.78, 5) is 40.6. The number of nitro benzene ring substituents is 1. The molecule has 2 aliphatic heterocycles. The molecule has 2 aliphatic carbocycles. The van der Waals surface area contributed by atoms with E-state index in [1.807, 2.05) is 24.3 Å². The van der Waals surface area contributed by atoms with Gasteiger partial charge in [-0.25, -0.2) is 18.1 Å². The van der Waals surface area contributed by atoms with Gasteiger partial charge in [0.15, 0.2) is 0 Å². The van der Waals surface area contributed by atoms with Crippen LogP contribution in [0, 0.1) is 21.4 Å². The lowest BCUT2D eigenvalue weighted by Crippen LogP contribution is -2.60. The fraction of sp³-hybridized carbons (Fsp3) is 0.439. The van der Waals surface area contributed by atoms with Crippen molar-refractivity contribution >= 4 is 44.0 Å². The Morgan fingerprint density at radius 2 is 1.68 bits per heavy atom. The highest BCUT2D eigenvalue weighted by atomic mass is 32.2. The molecule has 3 N–H and O–H groups in total. The number of hydrogen-bond donors (Lipinski definition) is 3. The number of anilines is 2. The van der Waals surface area contributed by atoms with E-state index in [4.69, 9.17) is 14.2 Å². The third-order valence-corrected chi connectivity index (χ3v) is 17.6. The van der Waals surface area contributed by atoms with E-state index in [2.05, 4.69) is 85.0 Å². The maximum Gasteiger partial charge on any atom is 0.293 e. The van der Waals surface area contributed by atoms with Crippen LogP contribution in [-0.2, 0) is 21.3 Å². The normalized spacial score (nSPS) is 20.6. The van der Waals surface area contributed by atoms with Crippen molar-refractivity contribution in [3.8, 4) is 17.2 Å². The number of fused-ring (bicyclic) bond motifs is 1. The van der Waals surface area contributed by atoms with Crippen LogP contribution in [0.5, 0.6) is 17.2 Å². The fourth-order valence-corrected chi connectivity index (χ4v) is 13.0. The van der Waals surface area contributed by atoms with Crippen molar-refractivity contribution in [2.75, 3.05) is 63.7 Å². The van der Waals surface area contributed by atoms with Crippen molar-refractivity contribution in [2.24, 2.45) is 11.3 Å². The number of piperazine rings is 1. The first kappa shape index (κ1) is 51.0. The van der Waals surface area contributed by atoms with Gasteiger partial charge in [-0.2, -0.15) is 0 Å². The van der Waals surface area contributed by atoms with Crippen LogP contribution in [-0.4, -0.2) is 105 Å². The van der Waals surface area contributed by atoms with E-state index in [9.17, 15) is 23.3 Å². The largest absolute Gasteiger partial charge is 0.497 e. The van der Waals surface area contributed by atoms with E-state index in [0.717, 1.165) is 114 Å². The van der Waals surface area contributed by atoms with E-state index < -0.39 is 31.4 Å². The minimum absolute atomic E-state index is 0.0181. The standard InChI is InChI=1S/C57H68N8O8S/c1-38(2)48-7-5-6-8-49(48)53-37-62(36-40-11-16-45(72-4)17-12-40)27-28-64(53)43-32-57(33-43)22-25-63(26-23-57)42-13-19-50(54(30-42)73-46-29-41-21-24-58-55(41)60-35-46)56(66)61-74(69,70)47-18-20-51(52(31-47)65(67)68)59-34-39-9-14-44(71-3)15-10-39/h5-8,11-13,16-21,24,29-31,35,38-39,43-44,53,59H,9-10,14-15,22-23,25-28,32-34,36-37H2,1-4H3,(H,58,60)(H,61,66)/t39?,44?,53-/m0/s1. The average molecular weight is 1030 g/mol. The number of nitro groups is 1. The fourth-order valence-electron chi connectivity index (χ4n) is 12.0. The van der Waals surface area contributed by atoms with Gasteiger partial charge in [-0.15, -0.1) is 0 Å². The topological polar surface area (TPSA) is 184 Å². The van der Waals surface area contributed by atoms with Gasteiger partial charge in [-0.05, 0) is 134 Å². The van der Waals surface area contributed by atoms with Crippen LogP contribution in [0.4, 0.5) is 17.1 Å². The number of benzene rings is 4. The predicted octanol–water partition coefficient (Wildman–Crippen LogP) is 10.4. The van der Waals surface area contributed by atoms with Crippen molar-refractivity contribution in [2.45, 2.75) is 101 Å². The highest BCUT2D eigenvalue weighted by molar-refractivity contribution is 7.90. The number of piperidine rings is 1. The highest BCUT2D eigenvalue weighted by Gasteiger charge is 2.50. The van der Waals surface area contributed by atoms with Crippen molar-refractivity contribution in [3.05, 3.63) is 142 Å². The van der Waals surface area contributed by atoms with Crippen LogP contribution in [0.2, 0.25) is 0 Å². The molecule has 17 heteroatoms. The number of nitrogens with zero attached hydrogens (tertiary/aromatic N) is 5. The lowest BCUT2D eigenvalue weighted by atomic mass is 9.59. The zero-order chi connectivity index (χ0) is 51.6. The number of sulfonamides is 1. The number of carbonyl (C=O) groups is 1. The van der Waals surface area contributed by atoms with Crippen LogP contribution in [0.3, 0.4) is 0 Å². The van der Waals surface area contributed by atoms with Gasteiger partial charge in [-0.3, -0.25) is 24.7 Å². The number of rotatable bonds is 17. The molecule has 74 heavy (non-hydrogen) atoms. The second kappa shape index (κ2) is 21.7. The molecule has 390 valence electrons. The first-order valence-electron chi connectivity index (χ1n) is 26.1. The van der Waals surface area contributed by atoms with Gasteiger partial charge in [0.2, 0.25) is 0 Å². The Labute approximate surface area is 434 Å². The van der Waals surface area contributed by atoms with Crippen LogP contribution >= 0.6 is 0 Å². The summed E-state index contributed by atoms with van der Waals surface area (Å²) < 4.78 is 47.2. The molecule has 10 rings (SSSR count). The van der Waals surface area contributed by atoms with Crippen LogP contribution < -0.4 is 24.4 Å². The summed E-state index contributed by atoms with van der Waals surface area (Å²) >= 11 is 0. The summed E-state index contributed by atoms with van der Waals surface area (Å²) in [7, 11) is -1.16. The number of ether oxygens (including phenoxy) is 3. The summed E-state index contributed by atoms with van der Waals surface area (Å²) in [5.74, 6) is 1.17. The Bertz CT molecular complexity index is 3070. The lowest BCUT2D eigenvalue weighted by molar-refractivity contribution is -0.384. The molecule has 0 radical (unpaired) electrons. The van der Waals surface area contributed by atoms with Crippen molar-refractivity contribution in [1.29, 1.82) is 0 Å². The Kier molecular flexibility index (Phi) is 15.0. The maximum atomic E-state index is 14.1. The SMILES string of the molecule is COc1ccc(CN2CCN(C3CC4(CCN(c5ccc(C(=O)NS(=O)(=O)c6ccc(NCC7CCC(OC)CC7)c([N+](=O)[O-])c6)c(Oc6cnc7[nH]ccc7c6)c5)CC4)C3)[C@H](c3ccccc3C(C)C)C2)cc1. The van der Waals surface area contributed by atoms with Gasteiger partial charge >= 0.3 is 0 Å². The van der Waals surface area contributed by atoms with Crippen molar-refractivity contribution in [1.82, 2.24) is 24.5 Å². The molecule has 2 aromatic heterocycles. The molecule has 4 heterocycles. The first-order chi connectivity index (χ1) is 35.8. The molecule has 0 bridgehead atoms. The molecule has 1 amide bonds. The molecule has 0 unspecified atom stereocenters. The van der Waals surface area contributed by atoms with E-state index in [0.29, 0.717) is 41.9 Å². The predicted molar refractivity (Wildman–Crippen MR) is 287 cm³/mol. The van der Waals surface area contributed by atoms with E-state index >= 15 is 0 Å². The van der Waals surface area contributed by atoms with E-state index in [1.54, 1.807) is 44.8 Å². The zero-order valence-electron chi connectivity index (χ0n) is 42.8. The number of amides is 1. The Hall–Kier alpha value is -6.53. The molecule has 16 nitrogen and oxygen atoms in total. The van der Waals surface area contributed by atoms with Gasteiger partial charge in [0, 0.05) is 94.4 Å². The van der Waals surface area contributed by atoms with Gasteiger partial charge in [-0.1, -0.05) is 50.2 Å². The third kappa shape index (κ3) is 11.1. The summed E-state index contributed by atoms with van der Waals surface area (Å²) in [5.41, 5.74) is 5.69. The van der Waals surface area contributed by atoms with Gasteiger partial charge in [0.1, 0.15) is 28.6 Å². The van der Waals surface area contributed by atoms with Crippen LogP contribution in [0.25, 0.3) is 11.0 Å².